The fraction of sp³-hybridized carbons (Fsp3) is 0.273. The maximum absolute atomic E-state index is 4.26. The molecule has 0 aromatic heterocycles. The van der Waals surface area contributed by atoms with Crippen LogP contribution in [-0.4, -0.2) is 30.8 Å². The normalized spacial score (nSPS) is 15.6. The molecule has 1 aromatic rings. The highest BCUT2D eigenvalue weighted by Crippen LogP contribution is 2.08. The van der Waals surface area contributed by atoms with E-state index < -0.39 is 0 Å². The van der Waals surface area contributed by atoms with Crippen molar-refractivity contribution in [3.63, 3.8) is 0 Å². The van der Waals surface area contributed by atoms with Crippen molar-refractivity contribution in [1.82, 2.24) is 4.90 Å². The van der Waals surface area contributed by atoms with Gasteiger partial charge in [-0.15, -0.1) is 0 Å². The summed E-state index contributed by atoms with van der Waals surface area (Å²) < 4.78 is 0. The summed E-state index contributed by atoms with van der Waals surface area (Å²) in [7, 11) is 2.00. The zero-order valence-electron chi connectivity index (χ0n) is 8.44. The van der Waals surface area contributed by atoms with Gasteiger partial charge in [-0.2, -0.15) is 0 Å². The van der Waals surface area contributed by atoms with Gasteiger partial charge in [-0.3, -0.25) is 4.99 Å². The van der Waals surface area contributed by atoms with Gasteiger partial charge in [0, 0.05) is 12.6 Å². The molecule has 0 N–H and O–H groups in total. The first kappa shape index (κ1) is 8.94. The average Bonchev–Trinajstić information content (AvgIpc) is 2.20. The predicted molar refractivity (Wildman–Crippen MR) is 58.8 cm³/mol. The molecule has 0 saturated carbocycles. The van der Waals surface area contributed by atoms with E-state index in [9.17, 15) is 0 Å². The van der Waals surface area contributed by atoms with Crippen molar-refractivity contribution in [3.05, 3.63) is 35.4 Å². The first-order valence-electron chi connectivity index (χ1n) is 4.61. The minimum Gasteiger partial charge on any atom is -0.340 e. The molecule has 14 heavy (non-hydrogen) atoms. The van der Waals surface area contributed by atoms with Gasteiger partial charge in [-0.1, -0.05) is 29.8 Å². The van der Waals surface area contributed by atoms with Gasteiger partial charge >= 0.3 is 0 Å². The molecule has 0 saturated heterocycles. The van der Waals surface area contributed by atoms with Crippen molar-refractivity contribution in [3.8, 4) is 0 Å². The Morgan fingerprint density at radius 2 is 1.93 bits per heavy atom. The zero-order chi connectivity index (χ0) is 9.97. The fourth-order valence-corrected chi connectivity index (χ4v) is 1.42. The molecule has 0 amide bonds. The molecule has 1 aliphatic rings. The Bertz CT molecular complexity index is 376. The Hall–Kier alpha value is -1.64. The summed E-state index contributed by atoms with van der Waals surface area (Å²) in [6.45, 7) is 2.77. The van der Waals surface area contributed by atoms with Crippen molar-refractivity contribution < 1.29 is 0 Å². The summed E-state index contributed by atoms with van der Waals surface area (Å²) in [6.07, 6.45) is 1.62. The van der Waals surface area contributed by atoms with E-state index in [0.29, 0.717) is 6.67 Å². The van der Waals surface area contributed by atoms with E-state index in [1.165, 1.54) is 5.56 Å². The molecule has 1 aliphatic heterocycles. The van der Waals surface area contributed by atoms with E-state index >= 15 is 0 Å². The number of hydrogen-bond acceptors (Lipinski definition) is 3. The lowest BCUT2D eigenvalue weighted by Crippen LogP contribution is -2.30. The van der Waals surface area contributed by atoms with Crippen LogP contribution in [0.3, 0.4) is 0 Å². The second-order valence-corrected chi connectivity index (χ2v) is 3.46. The first-order chi connectivity index (χ1) is 6.77. The van der Waals surface area contributed by atoms with Gasteiger partial charge in [0.25, 0.3) is 0 Å². The highest BCUT2D eigenvalue weighted by molar-refractivity contribution is 6.03. The molecule has 0 radical (unpaired) electrons. The number of aryl methyl sites for hydroxylation is 1. The maximum Gasteiger partial charge on any atom is 0.138 e. The summed E-state index contributed by atoms with van der Waals surface area (Å²) in [5.74, 6) is 0.986. The number of hydrogen-bond donors (Lipinski definition) is 0. The molecule has 0 spiro atoms. The monoisotopic (exact) mass is 187 g/mol. The zero-order valence-corrected chi connectivity index (χ0v) is 8.44. The smallest absolute Gasteiger partial charge is 0.138 e. The molecule has 1 aromatic carbocycles. The van der Waals surface area contributed by atoms with Gasteiger partial charge in [0.05, 0.1) is 0 Å². The third kappa shape index (κ3) is 1.66. The quantitative estimate of drug-likeness (QED) is 0.657. The van der Waals surface area contributed by atoms with E-state index in [1.807, 2.05) is 11.9 Å². The van der Waals surface area contributed by atoms with Crippen LogP contribution in [0.25, 0.3) is 0 Å². The largest absolute Gasteiger partial charge is 0.340 e. The number of benzene rings is 1. The van der Waals surface area contributed by atoms with Crippen LogP contribution < -0.4 is 0 Å². The van der Waals surface area contributed by atoms with Crippen LogP contribution in [0.2, 0.25) is 0 Å². The number of nitrogens with zero attached hydrogens (tertiary/aromatic N) is 3. The molecular weight excluding hydrogens is 174 g/mol. The highest BCUT2D eigenvalue weighted by Gasteiger charge is 2.10. The Balaban J connectivity index is 2.34. The molecule has 0 aliphatic carbocycles. The van der Waals surface area contributed by atoms with Crippen LogP contribution in [0.1, 0.15) is 11.1 Å². The van der Waals surface area contributed by atoms with E-state index in [0.717, 1.165) is 11.4 Å². The van der Waals surface area contributed by atoms with E-state index in [4.69, 9.17) is 0 Å². The first-order valence-corrected chi connectivity index (χ1v) is 4.61. The summed E-state index contributed by atoms with van der Waals surface area (Å²) in [6, 6.07) is 8.36. The van der Waals surface area contributed by atoms with E-state index in [-0.39, 0.29) is 0 Å². The van der Waals surface area contributed by atoms with Crippen LogP contribution >= 0.6 is 0 Å². The van der Waals surface area contributed by atoms with Crippen molar-refractivity contribution in [2.45, 2.75) is 6.92 Å². The minimum atomic E-state index is 0.687. The molecule has 3 nitrogen and oxygen atoms in total. The third-order valence-electron chi connectivity index (χ3n) is 2.23. The fourth-order valence-electron chi connectivity index (χ4n) is 1.42. The minimum absolute atomic E-state index is 0.687. The Morgan fingerprint density at radius 3 is 2.57 bits per heavy atom. The average molecular weight is 187 g/mol. The Labute approximate surface area is 83.8 Å². The predicted octanol–water partition coefficient (Wildman–Crippen LogP) is 1.67. The molecule has 3 heteroatoms. The summed E-state index contributed by atoms with van der Waals surface area (Å²) in [4.78, 5) is 10.4. The lowest BCUT2D eigenvalue weighted by Gasteiger charge is -2.21. The SMILES string of the molecule is Cc1ccc(C2=NC=NCN2C)cc1. The van der Waals surface area contributed by atoms with Crippen LogP contribution in [-0.2, 0) is 0 Å². The summed E-state index contributed by atoms with van der Waals surface area (Å²) in [5, 5.41) is 0. The van der Waals surface area contributed by atoms with Crippen molar-refractivity contribution in [2.75, 3.05) is 13.7 Å². The van der Waals surface area contributed by atoms with Gasteiger partial charge in [0.15, 0.2) is 0 Å². The number of amidine groups is 1. The van der Waals surface area contributed by atoms with Crippen molar-refractivity contribution >= 4 is 12.2 Å². The summed E-state index contributed by atoms with van der Waals surface area (Å²) in [5.41, 5.74) is 2.41. The van der Waals surface area contributed by atoms with Crippen LogP contribution in [0, 0.1) is 6.92 Å². The molecule has 2 rings (SSSR count). The third-order valence-corrected chi connectivity index (χ3v) is 2.23. The van der Waals surface area contributed by atoms with Gasteiger partial charge in [-0.05, 0) is 6.92 Å². The van der Waals surface area contributed by atoms with Crippen LogP contribution in [0.5, 0.6) is 0 Å². The standard InChI is InChI=1S/C11H13N3/c1-9-3-5-10(6-4-9)11-13-7-12-8-14(11)2/h3-7H,8H2,1-2H3. The van der Waals surface area contributed by atoms with E-state index in [1.54, 1.807) is 6.34 Å². The Kier molecular flexibility index (Phi) is 2.31. The highest BCUT2D eigenvalue weighted by atomic mass is 15.3. The molecule has 0 bridgehead atoms. The van der Waals surface area contributed by atoms with Crippen LogP contribution in [0.15, 0.2) is 34.3 Å². The molecule has 72 valence electrons. The second kappa shape index (κ2) is 3.62. The molecule has 0 fully saturated rings. The molecule has 0 unspecified atom stereocenters. The van der Waals surface area contributed by atoms with Crippen molar-refractivity contribution in [1.29, 1.82) is 0 Å². The van der Waals surface area contributed by atoms with Gasteiger partial charge in [-0.25, -0.2) is 4.99 Å². The summed E-state index contributed by atoms with van der Waals surface area (Å²) >= 11 is 0. The van der Waals surface area contributed by atoms with Gasteiger partial charge in [0.1, 0.15) is 18.8 Å². The molecule has 1 heterocycles. The molecule has 0 atom stereocenters. The van der Waals surface area contributed by atoms with E-state index in [2.05, 4.69) is 41.2 Å². The topological polar surface area (TPSA) is 28.0 Å². The van der Waals surface area contributed by atoms with Gasteiger partial charge in [0.2, 0.25) is 0 Å². The number of aliphatic imine (C=N–C) groups is 2. The maximum atomic E-state index is 4.26. The van der Waals surface area contributed by atoms with Crippen molar-refractivity contribution in [2.24, 2.45) is 9.98 Å². The lowest BCUT2D eigenvalue weighted by atomic mass is 10.1. The lowest BCUT2D eigenvalue weighted by molar-refractivity contribution is 0.519. The van der Waals surface area contributed by atoms with Gasteiger partial charge < -0.3 is 4.90 Å². The number of rotatable bonds is 1. The Morgan fingerprint density at radius 1 is 1.21 bits per heavy atom. The molecular formula is C11H13N3. The second-order valence-electron chi connectivity index (χ2n) is 3.46. The van der Waals surface area contributed by atoms with Crippen LogP contribution in [0.4, 0.5) is 0 Å².